The second kappa shape index (κ2) is 3.99. The van der Waals surface area contributed by atoms with E-state index in [0.717, 1.165) is 11.3 Å². The molecule has 2 rings (SSSR count). The second-order valence-corrected chi connectivity index (χ2v) is 4.61. The van der Waals surface area contributed by atoms with Crippen molar-refractivity contribution in [2.45, 2.75) is 0 Å². The van der Waals surface area contributed by atoms with Crippen molar-refractivity contribution in [3.05, 3.63) is 21.1 Å². The fourth-order valence-electron chi connectivity index (χ4n) is 0.733. The van der Waals surface area contributed by atoms with E-state index in [1.807, 2.05) is 0 Å². The van der Waals surface area contributed by atoms with Crippen molar-refractivity contribution >= 4 is 45.3 Å². The minimum absolute atomic E-state index is 0.227. The van der Waals surface area contributed by atoms with Crippen LogP contribution in [0.3, 0.4) is 0 Å². The maximum absolute atomic E-state index is 11.4. The summed E-state index contributed by atoms with van der Waals surface area (Å²) in [5.74, 6) is -0.343. The summed E-state index contributed by atoms with van der Waals surface area (Å²) in [4.78, 5) is 15.3. The van der Waals surface area contributed by atoms with E-state index in [9.17, 15) is 4.79 Å². The number of nitrogens with one attached hydrogen (secondary N) is 1. The number of thiazole rings is 1. The van der Waals surface area contributed by atoms with Gasteiger partial charge in [-0.15, -0.1) is 21.5 Å². The average Bonchev–Trinajstić information content (AvgIpc) is 2.75. The maximum atomic E-state index is 11.4. The van der Waals surface area contributed by atoms with Gasteiger partial charge in [0.1, 0.15) is 0 Å². The molecule has 0 saturated carbocycles. The molecule has 14 heavy (non-hydrogen) atoms. The summed E-state index contributed by atoms with van der Waals surface area (Å²) >= 11 is 7.90. The quantitative estimate of drug-likeness (QED) is 0.879. The first-order valence-corrected chi connectivity index (χ1v) is 5.53. The van der Waals surface area contributed by atoms with Crippen molar-refractivity contribution < 1.29 is 4.79 Å². The van der Waals surface area contributed by atoms with Crippen molar-refractivity contribution in [3.8, 4) is 0 Å². The molecule has 0 atom stereocenters. The minimum Gasteiger partial charge on any atom is -0.296 e. The summed E-state index contributed by atoms with van der Waals surface area (Å²) in [5, 5.41) is 12.2. The first-order valence-electron chi connectivity index (χ1n) is 3.45. The first kappa shape index (κ1) is 9.50. The van der Waals surface area contributed by atoms with E-state index >= 15 is 0 Å². The Kier molecular flexibility index (Phi) is 2.71. The van der Waals surface area contributed by atoms with Gasteiger partial charge in [0.15, 0.2) is 5.13 Å². The van der Waals surface area contributed by atoms with Crippen molar-refractivity contribution in [3.63, 3.8) is 0 Å². The third-order valence-corrected chi connectivity index (χ3v) is 2.95. The van der Waals surface area contributed by atoms with Crippen molar-refractivity contribution in [1.82, 2.24) is 15.2 Å². The van der Waals surface area contributed by atoms with Gasteiger partial charge in [-0.1, -0.05) is 11.3 Å². The second-order valence-electron chi connectivity index (χ2n) is 2.15. The van der Waals surface area contributed by atoms with Gasteiger partial charge in [-0.05, 0) is 11.6 Å². The highest BCUT2D eigenvalue weighted by molar-refractivity contribution is 7.17. The van der Waals surface area contributed by atoms with Gasteiger partial charge in [-0.2, -0.15) is 0 Å². The summed E-state index contributed by atoms with van der Waals surface area (Å²) in [5.41, 5.74) is 0. The van der Waals surface area contributed by atoms with E-state index in [1.54, 1.807) is 11.6 Å². The highest BCUT2D eigenvalue weighted by Crippen LogP contribution is 2.17. The molecule has 2 heterocycles. The molecule has 0 aliphatic heterocycles. The summed E-state index contributed by atoms with van der Waals surface area (Å²) in [6.45, 7) is 0. The van der Waals surface area contributed by atoms with Crippen LogP contribution in [0, 0.1) is 0 Å². The molecule has 8 heteroatoms. The molecule has 0 aliphatic rings. The topological polar surface area (TPSA) is 67.8 Å². The van der Waals surface area contributed by atoms with Crippen LogP contribution in [0.4, 0.5) is 5.13 Å². The van der Waals surface area contributed by atoms with Gasteiger partial charge in [0.05, 0.1) is 0 Å². The lowest BCUT2D eigenvalue weighted by Gasteiger charge is -1.94. The van der Waals surface area contributed by atoms with Crippen LogP contribution in [0.25, 0.3) is 0 Å². The molecule has 72 valence electrons. The summed E-state index contributed by atoms with van der Waals surface area (Å²) < 4.78 is 0.245. The summed E-state index contributed by atoms with van der Waals surface area (Å²) in [7, 11) is 0. The number of anilines is 1. The Morgan fingerprint density at radius 1 is 1.50 bits per heavy atom. The standard InChI is InChI=1S/C6H3ClN4OS2/c7-5-11-10-4(14-5)3(12)9-6-8-1-2-13-6/h1-2H,(H,8,9,12). The molecule has 0 unspecified atom stereocenters. The highest BCUT2D eigenvalue weighted by atomic mass is 35.5. The Bertz CT molecular complexity index is 440. The molecule has 2 aromatic rings. The van der Waals surface area contributed by atoms with E-state index in [4.69, 9.17) is 11.6 Å². The number of halogens is 1. The fraction of sp³-hybridized carbons (Fsp3) is 0. The van der Waals surface area contributed by atoms with Crippen LogP contribution >= 0.6 is 34.3 Å². The molecule has 1 N–H and O–H groups in total. The number of hydrogen-bond donors (Lipinski definition) is 1. The first-order chi connectivity index (χ1) is 6.75. The predicted octanol–water partition coefficient (Wildman–Crippen LogP) is 1.90. The summed E-state index contributed by atoms with van der Waals surface area (Å²) in [6, 6.07) is 0. The van der Waals surface area contributed by atoms with Gasteiger partial charge in [0, 0.05) is 11.6 Å². The van der Waals surface area contributed by atoms with Crippen LogP contribution in [0.1, 0.15) is 9.80 Å². The Labute approximate surface area is 91.8 Å². The van der Waals surface area contributed by atoms with E-state index in [1.165, 1.54) is 11.3 Å². The molecular weight excluding hydrogens is 244 g/mol. The number of carbonyl (C=O) groups is 1. The number of amides is 1. The van der Waals surface area contributed by atoms with Crippen molar-refractivity contribution in [1.29, 1.82) is 0 Å². The number of hydrogen-bond acceptors (Lipinski definition) is 6. The molecule has 5 nitrogen and oxygen atoms in total. The number of carbonyl (C=O) groups excluding carboxylic acids is 1. The lowest BCUT2D eigenvalue weighted by molar-refractivity contribution is 0.102. The summed E-state index contributed by atoms with van der Waals surface area (Å²) in [6.07, 6.45) is 1.60. The van der Waals surface area contributed by atoms with Crippen LogP contribution in [0.15, 0.2) is 11.6 Å². The third-order valence-electron chi connectivity index (χ3n) is 1.25. The SMILES string of the molecule is O=C(Nc1nccs1)c1nnc(Cl)s1. The van der Waals surface area contributed by atoms with Gasteiger partial charge in [-0.25, -0.2) is 4.98 Å². The Morgan fingerprint density at radius 2 is 2.36 bits per heavy atom. The molecule has 0 aromatic carbocycles. The van der Waals surface area contributed by atoms with E-state index in [0.29, 0.717) is 5.13 Å². The van der Waals surface area contributed by atoms with Crippen molar-refractivity contribution in [2.75, 3.05) is 5.32 Å². The monoisotopic (exact) mass is 246 g/mol. The highest BCUT2D eigenvalue weighted by Gasteiger charge is 2.12. The maximum Gasteiger partial charge on any atom is 0.288 e. The molecule has 0 fully saturated rings. The zero-order valence-electron chi connectivity index (χ0n) is 6.60. The van der Waals surface area contributed by atoms with Crippen LogP contribution in [-0.2, 0) is 0 Å². The largest absolute Gasteiger partial charge is 0.296 e. The lowest BCUT2D eigenvalue weighted by atomic mass is 10.6. The van der Waals surface area contributed by atoms with Crippen LogP contribution in [0.2, 0.25) is 4.47 Å². The predicted molar refractivity (Wildman–Crippen MR) is 55.0 cm³/mol. The molecule has 1 amide bonds. The van der Waals surface area contributed by atoms with Crippen molar-refractivity contribution in [2.24, 2.45) is 0 Å². The molecule has 2 aromatic heterocycles. The average molecular weight is 247 g/mol. The Morgan fingerprint density at radius 3 is 2.93 bits per heavy atom. The number of nitrogens with zero attached hydrogens (tertiary/aromatic N) is 3. The molecule has 0 aliphatic carbocycles. The number of aromatic nitrogens is 3. The number of rotatable bonds is 2. The lowest BCUT2D eigenvalue weighted by Crippen LogP contribution is -2.11. The van der Waals surface area contributed by atoms with Crippen LogP contribution < -0.4 is 5.32 Å². The van der Waals surface area contributed by atoms with Gasteiger partial charge in [-0.3, -0.25) is 10.1 Å². The zero-order chi connectivity index (χ0) is 9.97. The smallest absolute Gasteiger partial charge is 0.288 e. The van der Waals surface area contributed by atoms with E-state index < -0.39 is 0 Å². The Hall–Kier alpha value is -1.05. The fourth-order valence-corrected chi connectivity index (χ4v) is 1.98. The Balaban J connectivity index is 2.10. The van der Waals surface area contributed by atoms with Gasteiger partial charge >= 0.3 is 0 Å². The van der Waals surface area contributed by atoms with E-state index in [-0.39, 0.29) is 15.4 Å². The van der Waals surface area contributed by atoms with Crippen LogP contribution in [-0.4, -0.2) is 21.1 Å². The zero-order valence-corrected chi connectivity index (χ0v) is 8.99. The molecule has 0 spiro atoms. The molecule has 0 saturated heterocycles. The van der Waals surface area contributed by atoms with Gasteiger partial charge in [0.25, 0.3) is 5.91 Å². The molecular formula is C6H3ClN4OS2. The molecule has 0 bridgehead atoms. The normalized spacial score (nSPS) is 10.1. The minimum atomic E-state index is -0.343. The third kappa shape index (κ3) is 2.06. The molecule has 0 radical (unpaired) electrons. The van der Waals surface area contributed by atoms with Gasteiger partial charge < -0.3 is 0 Å². The van der Waals surface area contributed by atoms with Crippen LogP contribution in [0.5, 0.6) is 0 Å². The van der Waals surface area contributed by atoms with E-state index in [2.05, 4.69) is 20.5 Å². The van der Waals surface area contributed by atoms with Gasteiger partial charge in [0.2, 0.25) is 9.47 Å².